The predicted molar refractivity (Wildman–Crippen MR) is 99.6 cm³/mol. The van der Waals surface area contributed by atoms with E-state index in [4.69, 9.17) is 0 Å². The molecule has 1 saturated heterocycles. The number of carbonyl (C=O) groups is 1. The third-order valence-electron chi connectivity index (χ3n) is 5.56. The molecule has 1 aliphatic heterocycles. The standard InChI is InChI=1S/C20H38O.O.Sn/c1-4-7-9-11-13-15-17-19(20(21)6-3)18-16-14-12-10-8-5-2;;/h3-18H2,1-2H3;;. The molecule has 0 bridgehead atoms. The van der Waals surface area contributed by atoms with Crippen molar-refractivity contribution >= 4 is 25.5 Å². The summed E-state index contributed by atoms with van der Waals surface area (Å²) in [6, 6.07) is 0. The molecule has 0 N–H and O–H groups in total. The molecule has 134 valence electrons. The molecular weight excluding hydrogens is 391 g/mol. The molecule has 0 aromatic carbocycles. The summed E-state index contributed by atoms with van der Waals surface area (Å²) >= 11 is -2.70. The summed E-state index contributed by atoms with van der Waals surface area (Å²) in [5.41, 5.74) is 0. The van der Waals surface area contributed by atoms with Crippen LogP contribution in [0.4, 0.5) is 0 Å². The van der Waals surface area contributed by atoms with E-state index >= 15 is 0 Å². The summed E-state index contributed by atoms with van der Waals surface area (Å²) in [7, 11) is 0. The fraction of sp³-hybridized carbons (Fsp3) is 0.950. The molecule has 0 atom stereocenters. The van der Waals surface area contributed by atoms with Crippen molar-refractivity contribution in [3.05, 3.63) is 0 Å². The minimum absolute atomic E-state index is 0.294. The van der Waals surface area contributed by atoms with Crippen LogP contribution in [0.25, 0.3) is 0 Å². The van der Waals surface area contributed by atoms with Crippen LogP contribution in [0.1, 0.15) is 110 Å². The first-order chi connectivity index (χ1) is 11.2. The van der Waals surface area contributed by atoms with Gasteiger partial charge >= 0.3 is 151 Å². The van der Waals surface area contributed by atoms with Crippen LogP contribution in [0.2, 0.25) is 7.87 Å². The molecule has 0 spiro atoms. The predicted octanol–water partition coefficient (Wildman–Crippen LogP) is 6.62. The zero-order valence-electron chi connectivity index (χ0n) is 15.6. The molecule has 2 nitrogen and oxygen atoms in total. The van der Waals surface area contributed by atoms with Crippen molar-refractivity contribution in [2.24, 2.45) is 0 Å². The van der Waals surface area contributed by atoms with Gasteiger partial charge in [0.2, 0.25) is 0 Å². The Morgan fingerprint density at radius 3 is 1.61 bits per heavy atom. The van der Waals surface area contributed by atoms with Crippen molar-refractivity contribution in [1.29, 1.82) is 0 Å². The van der Waals surface area contributed by atoms with Crippen molar-refractivity contribution < 1.29 is 7.87 Å². The van der Waals surface area contributed by atoms with Crippen molar-refractivity contribution in [2.75, 3.05) is 0 Å². The van der Waals surface area contributed by atoms with E-state index < -0.39 is 19.7 Å². The van der Waals surface area contributed by atoms with Gasteiger partial charge in [-0.1, -0.05) is 0 Å². The normalized spacial score (nSPS) is 17.1. The number of rotatable bonds is 14. The Balaban J connectivity index is 2.36. The Kier molecular flexibility index (Phi) is 11.7. The monoisotopic (exact) mass is 430 g/mol. The average Bonchev–Trinajstić information content (AvgIpc) is 2.82. The molecule has 0 aromatic rings. The number of carbonyl (C=O) groups excluding carboxylic acids is 1. The van der Waals surface area contributed by atoms with Crippen molar-refractivity contribution in [3.63, 3.8) is 0 Å². The number of hydrogen-bond acceptors (Lipinski definition) is 2. The first-order valence-corrected chi connectivity index (χ1v) is 14.8. The van der Waals surface area contributed by atoms with E-state index in [1.807, 2.05) is 0 Å². The summed E-state index contributed by atoms with van der Waals surface area (Å²) in [6.07, 6.45) is 17.6. The van der Waals surface area contributed by atoms with Crippen LogP contribution in [0.15, 0.2) is 0 Å². The van der Waals surface area contributed by atoms with Crippen LogP contribution in [0.5, 0.6) is 0 Å². The first-order valence-electron chi connectivity index (χ1n) is 10.2. The van der Waals surface area contributed by atoms with E-state index in [9.17, 15) is 7.87 Å². The fourth-order valence-corrected chi connectivity index (χ4v) is 10.5. The summed E-state index contributed by atoms with van der Waals surface area (Å²) in [5.74, 6) is 0.379. The molecule has 1 rings (SSSR count). The second-order valence-corrected chi connectivity index (χ2v) is 14.0. The number of Topliss-reactive ketones (excluding diaryl/α,β-unsaturated/α-hetero) is 1. The maximum absolute atomic E-state index is 12.7. The molecule has 1 fully saturated rings. The Bertz CT molecular complexity index is 318. The van der Waals surface area contributed by atoms with E-state index in [-0.39, 0.29) is 3.43 Å². The van der Waals surface area contributed by atoms with Gasteiger partial charge in [0.1, 0.15) is 0 Å². The van der Waals surface area contributed by atoms with E-state index in [0.717, 1.165) is 30.1 Å². The summed E-state index contributed by atoms with van der Waals surface area (Å²) in [4.78, 5) is 12.5. The molecule has 1 heterocycles. The minimum atomic E-state index is -2.70. The van der Waals surface area contributed by atoms with E-state index in [1.165, 1.54) is 64.2 Å². The zero-order valence-corrected chi connectivity index (χ0v) is 18.5. The van der Waals surface area contributed by atoms with Crippen molar-refractivity contribution in [1.82, 2.24) is 0 Å². The van der Waals surface area contributed by atoms with Gasteiger partial charge in [0.15, 0.2) is 0 Å². The molecule has 1 aliphatic rings. The van der Waals surface area contributed by atoms with Gasteiger partial charge in [-0.25, -0.2) is 0 Å². The van der Waals surface area contributed by atoms with E-state index in [0.29, 0.717) is 12.2 Å². The van der Waals surface area contributed by atoms with E-state index in [2.05, 4.69) is 13.8 Å². The molecule has 23 heavy (non-hydrogen) atoms. The van der Waals surface area contributed by atoms with E-state index in [1.54, 1.807) is 0 Å². The number of hydrogen-bond donors (Lipinski definition) is 0. The SMILES string of the molecule is CCCCCCCC[C]1(CCCCCCCC)C(=O)C[CH2][Sn]1=[O]. The van der Waals surface area contributed by atoms with Crippen molar-refractivity contribution in [2.45, 2.75) is 118 Å². The van der Waals surface area contributed by atoms with Crippen molar-refractivity contribution in [3.8, 4) is 0 Å². The third kappa shape index (κ3) is 7.35. The summed E-state index contributed by atoms with van der Waals surface area (Å²) in [5, 5.41) is 0. The molecule has 0 aromatic heterocycles. The second kappa shape index (κ2) is 12.6. The Hall–Kier alpha value is 0.269. The Labute approximate surface area is 151 Å². The van der Waals surface area contributed by atoms with Crippen LogP contribution in [-0.2, 0) is 7.87 Å². The Morgan fingerprint density at radius 2 is 1.22 bits per heavy atom. The van der Waals surface area contributed by atoms with Crippen LogP contribution < -0.4 is 0 Å². The van der Waals surface area contributed by atoms with Gasteiger partial charge in [0.25, 0.3) is 0 Å². The molecule has 0 saturated carbocycles. The first kappa shape index (κ1) is 21.3. The molecule has 0 aliphatic carbocycles. The van der Waals surface area contributed by atoms with Crippen LogP contribution >= 0.6 is 0 Å². The molecule has 0 amide bonds. The molecule has 0 radical (unpaired) electrons. The number of ketones is 1. The summed E-state index contributed by atoms with van der Waals surface area (Å²) < 4.78 is 13.2. The molecule has 3 heteroatoms. The van der Waals surface area contributed by atoms with Gasteiger partial charge in [-0.15, -0.1) is 0 Å². The second-order valence-electron chi connectivity index (χ2n) is 7.46. The topological polar surface area (TPSA) is 34.1 Å². The van der Waals surface area contributed by atoms with Gasteiger partial charge in [0, 0.05) is 0 Å². The fourth-order valence-electron chi connectivity index (χ4n) is 3.96. The zero-order chi connectivity index (χ0) is 17.0. The van der Waals surface area contributed by atoms with Gasteiger partial charge in [-0.3, -0.25) is 0 Å². The Morgan fingerprint density at radius 1 is 0.783 bits per heavy atom. The van der Waals surface area contributed by atoms with Crippen LogP contribution in [0.3, 0.4) is 0 Å². The quantitative estimate of drug-likeness (QED) is 0.230. The summed E-state index contributed by atoms with van der Waals surface area (Å²) in [6.45, 7) is 4.48. The third-order valence-corrected chi connectivity index (χ3v) is 12.8. The number of unbranched alkanes of at least 4 members (excludes halogenated alkanes) is 10. The molecular formula is C20H38O2Sn. The molecule has 0 unspecified atom stereocenters. The van der Waals surface area contributed by atoms with Gasteiger partial charge in [-0.05, 0) is 0 Å². The van der Waals surface area contributed by atoms with Crippen LogP contribution in [-0.4, -0.2) is 25.5 Å². The average molecular weight is 429 g/mol. The van der Waals surface area contributed by atoms with Gasteiger partial charge in [-0.2, -0.15) is 0 Å². The van der Waals surface area contributed by atoms with Gasteiger partial charge < -0.3 is 0 Å². The van der Waals surface area contributed by atoms with Gasteiger partial charge in [0.05, 0.1) is 0 Å². The van der Waals surface area contributed by atoms with Crippen LogP contribution in [0, 0.1) is 0 Å². The maximum atomic E-state index is 12.7.